The Hall–Kier alpha value is -1.88. The van der Waals surface area contributed by atoms with E-state index in [9.17, 15) is 0 Å². The highest BCUT2D eigenvalue weighted by atomic mass is 32.1. The fraction of sp³-hybridized carbons (Fsp3) is 0. The van der Waals surface area contributed by atoms with Crippen LogP contribution in [0.15, 0.2) is 34.4 Å². The Labute approximate surface area is 89.4 Å². The van der Waals surface area contributed by atoms with Crippen molar-refractivity contribution in [3.05, 3.63) is 30.0 Å². The zero-order chi connectivity index (χ0) is 10.3. The maximum absolute atomic E-state index is 5.58. The van der Waals surface area contributed by atoms with Gasteiger partial charge >= 0.3 is 0 Å². The van der Waals surface area contributed by atoms with Crippen molar-refractivity contribution in [3.63, 3.8) is 0 Å². The molecule has 0 saturated carbocycles. The molecule has 2 N–H and O–H groups in total. The number of aromatic nitrogens is 2. The molecule has 15 heavy (non-hydrogen) atoms. The Bertz CT molecular complexity index is 614. The monoisotopic (exact) mass is 217 g/mol. The SMILES string of the molecule is Nc1nc(-c2ccc3ocnc3c2)cs1. The lowest BCUT2D eigenvalue weighted by Crippen LogP contribution is -1.82. The molecule has 0 aliphatic rings. The van der Waals surface area contributed by atoms with Gasteiger partial charge in [-0.3, -0.25) is 0 Å². The Morgan fingerprint density at radius 3 is 3.07 bits per heavy atom. The lowest BCUT2D eigenvalue weighted by Gasteiger charge is -1.94. The first-order valence-corrected chi connectivity index (χ1v) is 5.25. The normalized spacial score (nSPS) is 10.9. The van der Waals surface area contributed by atoms with Gasteiger partial charge in [0.15, 0.2) is 17.1 Å². The Balaban J connectivity index is 2.18. The van der Waals surface area contributed by atoms with E-state index in [-0.39, 0.29) is 0 Å². The van der Waals surface area contributed by atoms with Crippen molar-refractivity contribution in [3.8, 4) is 11.3 Å². The highest BCUT2D eigenvalue weighted by Crippen LogP contribution is 2.25. The Morgan fingerprint density at radius 2 is 2.27 bits per heavy atom. The number of fused-ring (bicyclic) bond motifs is 1. The van der Waals surface area contributed by atoms with Crippen molar-refractivity contribution in [2.45, 2.75) is 0 Å². The summed E-state index contributed by atoms with van der Waals surface area (Å²) < 4.78 is 5.16. The van der Waals surface area contributed by atoms with Gasteiger partial charge < -0.3 is 10.2 Å². The maximum Gasteiger partial charge on any atom is 0.181 e. The van der Waals surface area contributed by atoms with Crippen molar-refractivity contribution in [1.29, 1.82) is 0 Å². The van der Waals surface area contributed by atoms with E-state index in [4.69, 9.17) is 10.2 Å². The second-order valence-electron chi connectivity index (χ2n) is 3.11. The number of thiazole rings is 1. The molecule has 0 spiro atoms. The second-order valence-corrected chi connectivity index (χ2v) is 4.00. The molecule has 3 rings (SSSR count). The minimum absolute atomic E-state index is 0.574. The average molecular weight is 217 g/mol. The largest absolute Gasteiger partial charge is 0.443 e. The molecular weight excluding hydrogens is 210 g/mol. The first kappa shape index (κ1) is 8.43. The molecule has 2 aromatic heterocycles. The molecule has 0 atom stereocenters. The topological polar surface area (TPSA) is 64.9 Å². The summed E-state index contributed by atoms with van der Waals surface area (Å²) in [4.78, 5) is 8.30. The summed E-state index contributed by atoms with van der Waals surface area (Å²) in [6, 6.07) is 5.77. The van der Waals surface area contributed by atoms with Crippen LogP contribution in [0.1, 0.15) is 0 Å². The molecule has 0 unspecified atom stereocenters. The van der Waals surface area contributed by atoms with Crippen LogP contribution in [0.3, 0.4) is 0 Å². The van der Waals surface area contributed by atoms with Gasteiger partial charge in [-0.25, -0.2) is 9.97 Å². The zero-order valence-corrected chi connectivity index (χ0v) is 8.49. The van der Waals surface area contributed by atoms with Crippen molar-refractivity contribution in [1.82, 2.24) is 9.97 Å². The molecule has 0 aliphatic carbocycles. The number of hydrogen-bond acceptors (Lipinski definition) is 5. The second kappa shape index (κ2) is 3.06. The average Bonchev–Trinajstić information content (AvgIpc) is 2.84. The van der Waals surface area contributed by atoms with E-state index in [0.717, 1.165) is 22.4 Å². The molecule has 4 nitrogen and oxygen atoms in total. The molecule has 3 aromatic rings. The van der Waals surface area contributed by atoms with Gasteiger partial charge in [0, 0.05) is 10.9 Å². The van der Waals surface area contributed by atoms with E-state index < -0.39 is 0 Å². The third-order valence-corrected chi connectivity index (χ3v) is 2.82. The van der Waals surface area contributed by atoms with E-state index in [1.165, 1.54) is 17.7 Å². The summed E-state index contributed by atoms with van der Waals surface area (Å²) in [7, 11) is 0. The lowest BCUT2D eigenvalue weighted by atomic mass is 10.1. The zero-order valence-electron chi connectivity index (χ0n) is 7.68. The predicted octanol–water partition coefficient (Wildman–Crippen LogP) is 2.53. The summed E-state index contributed by atoms with van der Waals surface area (Å²) in [6.45, 7) is 0. The number of nitrogens with zero attached hydrogens (tertiary/aromatic N) is 2. The van der Waals surface area contributed by atoms with Crippen LogP contribution in [0.5, 0.6) is 0 Å². The highest BCUT2D eigenvalue weighted by molar-refractivity contribution is 7.13. The van der Waals surface area contributed by atoms with Gasteiger partial charge in [0.25, 0.3) is 0 Å². The molecule has 0 radical (unpaired) electrons. The van der Waals surface area contributed by atoms with Gasteiger partial charge in [-0.15, -0.1) is 11.3 Å². The fourth-order valence-corrected chi connectivity index (χ4v) is 2.01. The fourth-order valence-electron chi connectivity index (χ4n) is 1.44. The van der Waals surface area contributed by atoms with Gasteiger partial charge in [0.1, 0.15) is 5.52 Å². The number of oxazole rings is 1. The lowest BCUT2D eigenvalue weighted by molar-refractivity contribution is 0.602. The number of hydrogen-bond donors (Lipinski definition) is 1. The van der Waals surface area contributed by atoms with E-state index in [0.29, 0.717) is 5.13 Å². The molecule has 1 aromatic carbocycles. The quantitative estimate of drug-likeness (QED) is 0.680. The Kier molecular flexibility index (Phi) is 1.72. The summed E-state index contributed by atoms with van der Waals surface area (Å²) in [6.07, 6.45) is 1.43. The van der Waals surface area contributed by atoms with Crippen LogP contribution in [0.25, 0.3) is 22.4 Å². The van der Waals surface area contributed by atoms with Crippen LogP contribution in [-0.2, 0) is 0 Å². The summed E-state index contributed by atoms with van der Waals surface area (Å²) in [5.74, 6) is 0. The summed E-state index contributed by atoms with van der Waals surface area (Å²) >= 11 is 1.43. The van der Waals surface area contributed by atoms with E-state index in [1.807, 2.05) is 23.6 Å². The smallest absolute Gasteiger partial charge is 0.181 e. The predicted molar refractivity (Wildman–Crippen MR) is 59.5 cm³/mol. The van der Waals surface area contributed by atoms with Crippen LogP contribution in [-0.4, -0.2) is 9.97 Å². The minimum Gasteiger partial charge on any atom is -0.443 e. The molecule has 0 fully saturated rings. The molecule has 0 saturated heterocycles. The van der Waals surface area contributed by atoms with Crippen LogP contribution in [0.4, 0.5) is 5.13 Å². The molecule has 74 valence electrons. The minimum atomic E-state index is 0.574. The first-order chi connectivity index (χ1) is 7.33. The highest BCUT2D eigenvalue weighted by Gasteiger charge is 2.05. The molecular formula is C10H7N3OS. The van der Waals surface area contributed by atoms with Crippen LogP contribution in [0.2, 0.25) is 0 Å². The van der Waals surface area contributed by atoms with Gasteiger partial charge in [-0.05, 0) is 18.2 Å². The standard InChI is InChI=1S/C10H7N3OS/c11-10-13-8(4-15-10)6-1-2-9-7(3-6)12-5-14-9/h1-5H,(H2,11,13). The molecule has 0 aliphatic heterocycles. The number of nitrogens with two attached hydrogens (primary N) is 1. The molecule has 0 bridgehead atoms. The van der Waals surface area contributed by atoms with Crippen molar-refractivity contribution >= 4 is 27.6 Å². The van der Waals surface area contributed by atoms with Crippen molar-refractivity contribution in [2.75, 3.05) is 5.73 Å². The maximum atomic E-state index is 5.58. The molecule has 0 amide bonds. The number of benzene rings is 1. The van der Waals surface area contributed by atoms with E-state index >= 15 is 0 Å². The van der Waals surface area contributed by atoms with E-state index in [1.54, 1.807) is 0 Å². The van der Waals surface area contributed by atoms with Gasteiger partial charge in [0.05, 0.1) is 5.69 Å². The molecule has 5 heteroatoms. The number of rotatable bonds is 1. The Morgan fingerprint density at radius 1 is 1.33 bits per heavy atom. The first-order valence-electron chi connectivity index (χ1n) is 4.37. The van der Waals surface area contributed by atoms with Gasteiger partial charge in [0.2, 0.25) is 0 Å². The van der Waals surface area contributed by atoms with E-state index in [2.05, 4.69) is 9.97 Å². The van der Waals surface area contributed by atoms with Crippen LogP contribution in [0, 0.1) is 0 Å². The van der Waals surface area contributed by atoms with Gasteiger partial charge in [-0.2, -0.15) is 0 Å². The van der Waals surface area contributed by atoms with Crippen molar-refractivity contribution in [2.24, 2.45) is 0 Å². The third-order valence-electron chi connectivity index (χ3n) is 2.15. The molecule has 2 heterocycles. The number of nitrogen functional groups attached to an aromatic ring is 1. The summed E-state index contributed by atoms with van der Waals surface area (Å²) in [5, 5.41) is 2.50. The van der Waals surface area contributed by atoms with Crippen LogP contribution < -0.4 is 5.73 Å². The van der Waals surface area contributed by atoms with Gasteiger partial charge in [-0.1, -0.05) is 0 Å². The number of anilines is 1. The van der Waals surface area contributed by atoms with Crippen LogP contribution >= 0.6 is 11.3 Å². The summed E-state index contributed by atoms with van der Waals surface area (Å²) in [5.41, 5.74) is 9.08. The third kappa shape index (κ3) is 1.37. The van der Waals surface area contributed by atoms with Crippen molar-refractivity contribution < 1.29 is 4.42 Å².